The van der Waals surface area contributed by atoms with Crippen LogP contribution in [-0.2, 0) is 33.4 Å². The van der Waals surface area contributed by atoms with Crippen LogP contribution in [-0.4, -0.2) is 57.3 Å². The smallest absolute Gasteiger partial charge is 0.309 e. The summed E-state index contributed by atoms with van der Waals surface area (Å²) in [5.41, 5.74) is 0. The number of hydrogen-bond donors (Lipinski definition) is 0. The molecular formula is C48H100BO7. The van der Waals surface area contributed by atoms with E-state index in [9.17, 15) is 19.2 Å². The predicted octanol–water partition coefficient (Wildman–Crippen LogP) is 14.7. The lowest BCUT2D eigenvalue weighted by atomic mass is 9.84. The minimum Gasteiger partial charge on any atom is -0.462 e. The number of methoxy groups -OCH3 is 1. The van der Waals surface area contributed by atoms with E-state index < -0.39 is 18.2 Å². The van der Waals surface area contributed by atoms with Crippen molar-refractivity contribution in [1.82, 2.24) is 0 Å². The Labute approximate surface area is 355 Å². The molecule has 1 fully saturated rings. The first-order chi connectivity index (χ1) is 22.7. The Kier molecular flexibility index (Phi) is 64.7. The van der Waals surface area contributed by atoms with Crippen molar-refractivity contribution in [1.29, 1.82) is 0 Å². The molecule has 0 aliphatic heterocycles. The number of Topliss-reactive ketones (excluding diaryl/α,β-unsaturated/α-hetero) is 2. The van der Waals surface area contributed by atoms with E-state index in [0.29, 0.717) is 38.0 Å². The van der Waals surface area contributed by atoms with Gasteiger partial charge in [-0.3, -0.25) is 19.2 Å². The largest absolute Gasteiger partial charge is 0.462 e. The van der Waals surface area contributed by atoms with Crippen LogP contribution in [0.15, 0.2) is 38.0 Å². The van der Waals surface area contributed by atoms with E-state index in [1.165, 1.54) is 39.0 Å². The van der Waals surface area contributed by atoms with Crippen LogP contribution in [0.1, 0.15) is 215 Å². The zero-order valence-corrected chi connectivity index (χ0v) is 30.4. The first-order valence-electron chi connectivity index (χ1n) is 18.5. The lowest BCUT2D eigenvalue weighted by Crippen LogP contribution is -2.28. The molecule has 0 aromatic rings. The van der Waals surface area contributed by atoms with Crippen molar-refractivity contribution in [3.8, 4) is 0 Å². The molecule has 3 radical (unpaired) electrons. The third-order valence-corrected chi connectivity index (χ3v) is 9.23. The summed E-state index contributed by atoms with van der Waals surface area (Å²) in [6.07, 6.45) is 22.5. The summed E-state index contributed by atoms with van der Waals surface area (Å²) >= 11 is 0. The third-order valence-electron chi connectivity index (χ3n) is 9.23. The van der Waals surface area contributed by atoms with Gasteiger partial charge in [0.2, 0.25) is 0 Å². The van der Waals surface area contributed by atoms with Crippen LogP contribution >= 0.6 is 0 Å². The number of carbonyl (C=O) groups excluding carboxylic acids is 4. The summed E-state index contributed by atoms with van der Waals surface area (Å²) in [6.45, 7) is 12.8. The number of ketones is 2. The number of unbranched alkanes of at least 4 members (excludes halogenated alkanes) is 6. The molecule has 0 aromatic heterocycles. The normalized spacial score (nSPS) is 13.4. The molecule has 0 N–H and O–H groups in total. The Hall–Kier alpha value is -2.48. The number of ether oxygens (including phenoxy) is 3. The number of rotatable bonds is 30. The van der Waals surface area contributed by atoms with E-state index >= 15 is 0 Å². The molecule has 4 atom stereocenters. The maximum atomic E-state index is 13.3. The SMILES string of the molecule is C.C.C.C.C.C.C.C.C=CCCCCCCC(CC(=O)CC(CC1CCCCC1)OC)CC(=O)OC(CCCCC=C)CC(=O)OC(CCC=C)CC(C)=O.[2HH].[B]. The van der Waals surface area contributed by atoms with Crippen molar-refractivity contribution in [3.05, 3.63) is 38.0 Å². The summed E-state index contributed by atoms with van der Waals surface area (Å²) in [4.78, 5) is 51.3. The summed E-state index contributed by atoms with van der Waals surface area (Å²) in [7, 11) is 1.70. The highest BCUT2D eigenvalue weighted by molar-refractivity contribution is 5.80. The molecule has 0 bridgehead atoms. The maximum absolute atomic E-state index is 13.3. The maximum Gasteiger partial charge on any atom is 0.309 e. The van der Waals surface area contributed by atoms with Gasteiger partial charge in [-0.15, -0.1) is 19.7 Å². The van der Waals surface area contributed by atoms with Crippen molar-refractivity contribution in [2.75, 3.05) is 7.11 Å². The van der Waals surface area contributed by atoms with Crippen LogP contribution in [0.4, 0.5) is 0 Å². The molecule has 0 heterocycles. The van der Waals surface area contributed by atoms with Crippen molar-refractivity contribution in [2.24, 2.45) is 11.8 Å². The van der Waals surface area contributed by atoms with Gasteiger partial charge < -0.3 is 14.2 Å². The third kappa shape index (κ3) is 39.7. The van der Waals surface area contributed by atoms with Gasteiger partial charge in [-0.25, -0.2) is 0 Å². The van der Waals surface area contributed by atoms with Gasteiger partial charge in [0.25, 0.3) is 0 Å². The second-order valence-electron chi connectivity index (χ2n) is 13.7. The second kappa shape index (κ2) is 48.7. The van der Waals surface area contributed by atoms with E-state index in [-0.39, 0.29) is 118 Å². The molecule has 1 aliphatic rings. The average Bonchev–Trinajstić information content (AvgIpc) is 3.03. The fourth-order valence-electron chi connectivity index (χ4n) is 6.65. The Balaban J connectivity index is -0.000000276. The lowest BCUT2D eigenvalue weighted by molar-refractivity contribution is -0.159. The number of allylic oxidation sites excluding steroid dienone is 3. The summed E-state index contributed by atoms with van der Waals surface area (Å²) in [5.74, 6) is -0.263. The van der Waals surface area contributed by atoms with Crippen LogP contribution in [0.25, 0.3) is 0 Å². The quantitative estimate of drug-likeness (QED) is 0.0309. The number of esters is 2. The molecule has 8 heteroatoms. The highest BCUT2D eigenvalue weighted by Gasteiger charge is 2.27. The molecule has 4 unspecified atom stereocenters. The molecule has 1 saturated carbocycles. The molecule has 0 spiro atoms. The molecule has 1 rings (SSSR count). The van der Waals surface area contributed by atoms with Crippen LogP contribution in [0.5, 0.6) is 0 Å². The van der Waals surface area contributed by atoms with Crippen molar-refractivity contribution in [3.63, 3.8) is 0 Å². The highest BCUT2D eigenvalue weighted by atomic mass is 16.6. The van der Waals surface area contributed by atoms with Crippen LogP contribution in [0.2, 0.25) is 0 Å². The van der Waals surface area contributed by atoms with E-state index in [1.807, 2.05) is 12.2 Å². The summed E-state index contributed by atoms with van der Waals surface area (Å²) in [6, 6.07) is 0. The fourth-order valence-corrected chi connectivity index (χ4v) is 6.65. The molecule has 337 valence electrons. The molecular weight excluding hydrogens is 699 g/mol. The van der Waals surface area contributed by atoms with Crippen LogP contribution in [0, 0.1) is 11.8 Å². The van der Waals surface area contributed by atoms with Gasteiger partial charge in [-0.1, -0.05) is 129 Å². The summed E-state index contributed by atoms with van der Waals surface area (Å²) in [5, 5.41) is 0. The monoisotopic (exact) mass is 801 g/mol. The average molecular weight is 801 g/mol. The van der Waals surface area contributed by atoms with E-state index in [1.54, 1.807) is 13.2 Å². The van der Waals surface area contributed by atoms with Gasteiger partial charge in [0, 0.05) is 42.6 Å². The lowest BCUT2D eigenvalue weighted by Gasteiger charge is -2.26. The minimum absolute atomic E-state index is 0. The van der Waals surface area contributed by atoms with Gasteiger partial charge in [0.15, 0.2) is 0 Å². The van der Waals surface area contributed by atoms with Crippen molar-refractivity contribution in [2.45, 2.75) is 232 Å². The molecule has 0 amide bonds. The van der Waals surface area contributed by atoms with Gasteiger partial charge in [-0.2, -0.15) is 0 Å². The van der Waals surface area contributed by atoms with Crippen LogP contribution in [0.3, 0.4) is 0 Å². The molecule has 7 nitrogen and oxygen atoms in total. The number of carbonyl (C=O) groups is 4. The van der Waals surface area contributed by atoms with E-state index in [2.05, 4.69) is 19.7 Å². The Morgan fingerprint density at radius 3 is 1.59 bits per heavy atom. The number of hydrogen-bond acceptors (Lipinski definition) is 7. The standard InChI is InChI=1S/C40H66O7.8CH4.B.H2/c1-6-9-12-14-15-17-23-34(27-35(42)30-38(45-5)28-33-21-18-16-19-22-33)29-39(43)47-37(25-20-13-10-7-2)31-40(44)46-36(24-11-8-3)26-32(4)41;;;;;;;;;;/h6-8,33-34,36-38H,1-3,9-31H2,4-5H3;8*1H4;;1H/i;;;;;;;;;;1+1. The fraction of sp³-hybridized carbons (Fsp3) is 0.792. The first kappa shape index (κ1) is 74.5. The second-order valence-corrected chi connectivity index (χ2v) is 13.7. The van der Waals surface area contributed by atoms with Gasteiger partial charge in [0.1, 0.15) is 23.8 Å². The highest BCUT2D eigenvalue weighted by Crippen LogP contribution is 2.30. The Morgan fingerprint density at radius 2 is 1.07 bits per heavy atom. The minimum atomic E-state index is -0.624. The van der Waals surface area contributed by atoms with Crippen LogP contribution < -0.4 is 0 Å². The first-order valence-corrected chi connectivity index (χ1v) is 18.5. The van der Waals surface area contributed by atoms with Crippen molar-refractivity contribution < 1.29 is 34.8 Å². The Bertz CT molecular complexity index is 936. The molecule has 56 heavy (non-hydrogen) atoms. The molecule has 1 aliphatic carbocycles. The zero-order chi connectivity index (χ0) is 34.7. The van der Waals surface area contributed by atoms with E-state index in [4.69, 9.17) is 14.2 Å². The topological polar surface area (TPSA) is 96.0 Å². The zero-order valence-electron chi connectivity index (χ0n) is 30.4. The van der Waals surface area contributed by atoms with Gasteiger partial charge >= 0.3 is 11.9 Å². The predicted molar refractivity (Wildman–Crippen MR) is 252 cm³/mol. The van der Waals surface area contributed by atoms with E-state index in [0.717, 1.165) is 64.2 Å². The van der Waals surface area contributed by atoms with Gasteiger partial charge in [-0.05, 0) is 83.0 Å². The summed E-state index contributed by atoms with van der Waals surface area (Å²) < 4.78 is 17.3. The van der Waals surface area contributed by atoms with Gasteiger partial charge in [0.05, 0.1) is 12.5 Å². The molecule has 0 saturated heterocycles. The molecule has 0 aromatic carbocycles. The van der Waals surface area contributed by atoms with Crippen molar-refractivity contribution >= 4 is 31.9 Å². The Morgan fingerprint density at radius 1 is 0.589 bits per heavy atom.